The van der Waals surface area contributed by atoms with E-state index < -0.39 is 0 Å². The monoisotopic (exact) mass is 263 g/mol. The molecule has 0 spiro atoms. The fourth-order valence-electron chi connectivity index (χ4n) is 2.49. The third-order valence-corrected chi connectivity index (χ3v) is 3.60. The molecule has 0 saturated heterocycles. The second kappa shape index (κ2) is 4.93. The highest BCUT2D eigenvalue weighted by molar-refractivity contribution is 5.91. The first-order chi connectivity index (χ1) is 9.70. The molecule has 0 unspecified atom stereocenters. The van der Waals surface area contributed by atoms with Gasteiger partial charge in [-0.25, -0.2) is 9.97 Å². The van der Waals surface area contributed by atoms with Gasteiger partial charge in [0, 0.05) is 10.9 Å². The molecule has 3 nitrogen and oxygen atoms in total. The molecule has 0 aliphatic carbocycles. The Kier molecular flexibility index (Phi) is 3.11. The Bertz CT molecular complexity index is 778. The van der Waals surface area contributed by atoms with Crippen LogP contribution in [-0.2, 0) is 6.42 Å². The van der Waals surface area contributed by atoms with E-state index in [0.717, 1.165) is 28.5 Å². The van der Waals surface area contributed by atoms with Crippen LogP contribution in [0.1, 0.15) is 18.1 Å². The summed E-state index contributed by atoms with van der Waals surface area (Å²) in [6.07, 6.45) is 0.950. The van der Waals surface area contributed by atoms with E-state index in [1.807, 2.05) is 37.3 Å². The SMILES string of the molecule is CCc1ccccc1-c1nc(N)c2cccc(C)c2n1. The van der Waals surface area contributed by atoms with E-state index in [-0.39, 0.29) is 0 Å². The van der Waals surface area contributed by atoms with E-state index in [1.54, 1.807) is 0 Å². The summed E-state index contributed by atoms with van der Waals surface area (Å²) in [5.41, 5.74) is 10.5. The summed E-state index contributed by atoms with van der Waals surface area (Å²) in [6.45, 7) is 4.18. The van der Waals surface area contributed by atoms with Crippen LogP contribution in [0.15, 0.2) is 42.5 Å². The maximum Gasteiger partial charge on any atom is 0.162 e. The average Bonchev–Trinajstić information content (AvgIpc) is 2.48. The molecule has 0 atom stereocenters. The second-order valence-electron chi connectivity index (χ2n) is 4.91. The van der Waals surface area contributed by atoms with Crippen molar-refractivity contribution in [2.24, 2.45) is 0 Å². The molecule has 3 heteroatoms. The van der Waals surface area contributed by atoms with Gasteiger partial charge in [-0.1, -0.05) is 43.3 Å². The molecule has 1 aromatic heterocycles. The quantitative estimate of drug-likeness (QED) is 0.766. The van der Waals surface area contributed by atoms with Crippen LogP contribution in [0.4, 0.5) is 5.82 Å². The van der Waals surface area contributed by atoms with E-state index in [9.17, 15) is 0 Å². The first kappa shape index (κ1) is 12.6. The number of benzene rings is 2. The molecule has 2 N–H and O–H groups in total. The van der Waals surface area contributed by atoms with Gasteiger partial charge in [-0.15, -0.1) is 0 Å². The Hall–Kier alpha value is -2.42. The van der Waals surface area contributed by atoms with Gasteiger partial charge in [-0.3, -0.25) is 0 Å². The van der Waals surface area contributed by atoms with Crippen LogP contribution in [0.25, 0.3) is 22.3 Å². The van der Waals surface area contributed by atoms with Crippen molar-refractivity contribution in [3.05, 3.63) is 53.6 Å². The van der Waals surface area contributed by atoms with Gasteiger partial charge in [-0.05, 0) is 30.5 Å². The topological polar surface area (TPSA) is 51.8 Å². The fourth-order valence-corrected chi connectivity index (χ4v) is 2.49. The van der Waals surface area contributed by atoms with Gasteiger partial charge in [0.15, 0.2) is 5.82 Å². The molecule has 2 aromatic carbocycles. The lowest BCUT2D eigenvalue weighted by atomic mass is 10.0. The van der Waals surface area contributed by atoms with E-state index in [4.69, 9.17) is 10.7 Å². The standard InChI is InChI=1S/C17H17N3/c1-3-12-8-4-5-9-13(12)17-19-15-11(2)7-6-10-14(15)16(18)20-17/h4-10H,3H2,1-2H3,(H2,18,19,20). The molecule has 0 fully saturated rings. The number of nitrogen functional groups attached to an aromatic ring is 1. The van der Waals surface area contributed by atoms with Crippen LogP contribution in [-0.4, -0.2) is 9.97 Å². The smallest absolute Gasteiger partial charge is 0.162 e. The van der Waals surface area contributed by atoms with Crippen molar-refractivity contribution in [1.29, 1.82) is 0 Å². The van der Waals surface area contributed by atoms with E-state index >= 15 is 0 Å². The van der Waals surface area contributed by atoms with Crippen LogP contribution in [0.5, 0.6) is 0 Å². The Morgan fingerprint density at radius 3 is 2.60 bits per heavy atom. The molecule has 0 aliphatic rings. The van der Waals surface area contributed by atoms with E-state index in [2.05, 4.69) is 24.0 Å². The highest BCUT2D eigenvalue weighted by Crippen LogP contribution is 2.27. The molecule has 3 aromatic rings. The summed E-state index contributed by atoms with van der Waals surface area (Å²) in [7, 11) is 0. The van der Waals surface area contributed by atoms with Crippen molar-refractivity contribution in [3.63, 3.8) is 0 Å². The minimum absolute atomic E-state index is 0.541. The number of fused-ring (bicyclic) bond motifs is 1. The maximum atomic E-state index is 6.10. The normalized spacial score (nSPS) is 10.9. The van der Waals surface area contributed by atoms with Crippen molar-refractivity contribution in [3.8, 4) is 11.4 Å². The third kappa shape index (κ3) is 2.01. The summed E-state index contributed by atoms with van der Waals surface area (Å²) in [4.78, 5) is 9.21. The number of nitrogens with zero attached hydrogens (tertiary/aromatic N) is 2. The van der Waals surface area contributed by atoms with Crippen LogP contribution < -0.4 is 5.73 Å². The predicted molar refractivity (Wildman–Crippen MR) is 83.5 cm³/mol. The lowest BCUT2D eigenvalue weighted by Gasteiger charge is -2.10. The molecule has 0 aliphatic heterocycles. The lowest BCUT2D eigenvalue weighted by molar-refractivity contribution is 1.12. The zero-order chi connectivity index (χ0) is 14.1. The van der Waals surface area contributed by atoms with Gasteiger partial charge >= 0.3 is 0 Å². The zero-order valence-corrected chi connectivity index (χ0v) is 11.7. The predicted octanol–water partition coefficient (Wildman–Crippen LogP) is 3.75. The van der Waals surface area contributed by atoms with Crippen LogP contribution in [0, 0.1) is 6.92 Å². The first-order valence-corrected chi connectivity index (χ1v) is 6.82. The number of aromatic nitrogens is 2. The molecular formula is C17H17N3. The first-order valence-electron chi connectivity index (χ1n) is 6.82. The van der Waals surface area contributed by atoms with Gasteiger partial charge in [0.25, 0.3) is 0 Å². The minimum atomic E-state index is 0.541. The zero-order valence-electron chi connectivity index (χ0n) is 11.7. The average molecular weight is 263 g/mol. The number of hydrogen-bond acceptors (Lipinski definition) is 3. The molecule has 0 radical (unpaired) electrons. The van der Waals surface area contributed by atoms with E-state index in [0.29, 0.717) is 11.6 Å². The Balaban J connectivity index is 2.30. The van der Waals surface area contributed by atoms with Crippen molar-refractivity contribution >= 4 is 16.7 Å². The highest BCUT2D eigenvalue weighted by Gasteiger charge is 2.11. The van der Waals surface area contributed by atoms with Crippen molar-refractivity contribution in [2.45, 2.75) is 20.3 Å². The molecule has 0 bridgehead atoms. The third-order valence-electron chi connectivity index (χ3n) is 3.60. The van der Waals surface area contributed by atoms with Crippen LogP contribution in [0.2, 0.25) is 0 Å². The largest absolute Gasteiger partial charge is 0.383 e. The Morgan fingerprint density at radius 2 is 1.80 bits per heavy atom. The van der Waals surface area contributed by atoms with Crippen molar-refractivity contribution < 1.29 is 0 Å². The number of anilines is 1. The number of aryl methyl sites for hydroxylation is 2. The molecule has 0 saturated carbocycles. The number of para-hydroxylation sites is 1. The second-order valence-corrected chi connectivity index (χ2v) is 4.91. The molecule has 100 valence electrons. The Morgan fingerprint density at radius 1 is 1.00 bits per heavy atom. The Labute approximate surface area is 118 Å². The van der Waals surface area contributed by atoms with Gasteiger partial charge in [0.1, 0.15) is 5.82 Å². The van der Waals surface area contributed by atoms with E-state index in [1.165, 1.54) is 5.56 Å². The van der Waals surface area contributed by atoms with Crippen molar-refractivity contribution in [1.82, 2.24) is 9.97 Å². The van der Waals surface area contributed by atoms with Gasteiger partial charge < -0.3 is 5.73 Å². The number of rotatable bonds is 2. The number of nitrogens with two attached hydrogens (primary N) is 1. The number of hydrogen-bond donors (Lipinski definition) is 1. The molecular weight excluding hydrogens is 246 g/mol. The highest BCUT2D eigenvalue weighted by atomic mass is 14.9. The molecule has 1 heterocycles. The molecule has 0 amide bonds. The summed E-state index contributed by atoms with van der Waals surface area (Å²) in [5.74, 6) is 1.25. The van der Waals surface area contributed by atoms with Gasteiger partial charge in [-0.2, -0.15) is 0 Å². The van der Waals surface area contributed by atoms with Crippen molar-refractivity contribution in [2.75, 3.05) is 5.73 Å². The lowest BCUT2D eigenvalue weighted by Crippen LogP contribution is -2.00. The van der Waals surface area contributed by atoms with Crippen LogP contribution >= 0.6 is 0 Å². The van der Waals surface area contributed by atoms with Crippen LogP contribution in [0.3, 0.4) is 0 Å². The molecule has 3 rings (SSSR count). The van der Waals surface area contributed by atoms with Gasteiger partial charge in [0.05, 0.1) is 5.52 Å². The summed E-state index contributed by atoms with van der Waals surface area (Å²) in [6, 6.07) is 14.2. The minimum Gasteiger partial charge on any atom is -0.383 e. The fraction of sp³-hybridized carbons (Fsp3) is 0.176. The molecule has 20 heavy (non-hydrogen) atoms. The van der Waals surface area contributed by atoms with Gasteiger partial charge in [0.2, 0.25) is 0 Å². The maximum absolute atomic E-state index is 6.10. The summed E-state index contributed by atoms with van der Waals surface area (Å²) in [5, 5.41) is 0.919. The summed E-state index contributed by atoms with van der Waals surface area (Å²) >= 11 is 0. The summed E-state index contributed by atoms with van der Waals surface area (Å²) < 4.78 is 0.